The van der Waals surface area contributed by atoms with Crippen LogP contribution in [0.5, 0.6) is 0 Å². The van der Waals surface area contributed by atoms with Gasteiger partial charge in [0.1, 0.15) is 11.6 Å². The number of anilines is 1. The van der Waals surface area contributed by atoms with E-state index in [9.17, 15) is 4.79 Å². The molecule has 5 heteroatoms. The van der Waals surface area contributed by atoms with E-state index in [0.717, 1.165) is 18.9 Å². The van der Waals surface area contributed by atoms with E-state index in [1.165, 1.54) is 0 Å². The van der Waals surface area contributed by atoms with Crippen LogP contribution in [0.2, 0.25) is 0 Å². The standard InChI is InChI=1S/C11H18N4O/c1-7-5-15(6-8(2)12-7)10-4-11(16)14-9(3)13-10/h4,7-8,12H,5-6H2,1-3H3,(H,13,14,16). The van der Waals surface area contributed by atoms with Gasteiger partial charge in [-0.1, -0.05) is 0 Å². The number of aromatic amines is 1. The summed E-state index contributed by atoms with van der Waals surface area (Å²) in [6.45, 7) is 7.87. The summed E-state index contributed by atoms with van der Waals surface area (Å²) in [5.74, 6) is 1.45. The summed E-state index contributed by atoms with van der Waals surface area (Å²) in [5.41, 5.74) is -0.0821. The number of H-pyrrole nitrogens is 1. The van der Waals surface area contributed by atoms with Gasteiger partial charge in [0.15, 0.2) is 0 Å². The van der Waals surface area contributed by atoms with Crippen LogP contribution in [0.25, 0.3) is 0 Å². The number of hydrogen-bond donors (Lipinski definition) is 2. The van der Waals surface area contributed by atoms with E-state index in [2.05, 4.69) is 34.0 Å². The third-order valence-electron chi connectivity index (χ3n) is 2.73. The number of nitrogens with one attached hydrogen (secondary N) is 2. The fourth-order valence-electron chi connectivity index (χ4n) is 2.24. The van der Waals surface area contributed by atoms with E-state index in [0.29, 0.717) is 17.9 Å². The lowest BCUT2D eigenvalue weighted by Gasteiger charge is -2.36. The minimum atomic E-state index is -0.0821. The van der Waals surface area contributed by atoms with Gasteiger partial charge in [0, 0.05) is 31.2 Å². The molecule has 0 spiro atoms. The van der Waals surface area contributed by atoms with Crippen LogP contribution in [0.15, 0.2) is 10.9 Å². The Morgan fingerprint density at radius 1 is 1.38 bits per heavy atom. The Balaban J connectivity index is 2.26. The highest BCUT2D eigenvalue weighted by Crippen LogP contribution is 2.12. The topological polar surface area (TPSA) is 61.0 Å². The van der Waals surface area contributed by atoms with E-state index < -0.39 is 0 Å². The highest BCUT2D eigenvalue weighted by atomic mass is 16.1. The van der Waals surface area contributed by atoms with E-state index in [-0.39, 0.29) is 5.56 Å². The van der Waals surface area contributed by atoms with Gasteiger partial charge in [-0.2, -0.15) is 0 Å². The number of piperazine rings is 1. The Kier molecular flexibility index (Phi) is 2.96. The fraction of sp³-hybridized carbons (Fsp3) is 0.636. The minimum Gasteiger partial charge on any atom is -0.353 e. The average molecular weight is 222 g/mol. The van der Waals surface area contributed by atoms with Crippen LogP contribution in [0.4, 0.5) is 5.82 Å². The van der Waals surface area contributed by atoms with Gasteiger partial charge in [0.05, 0.1) is 0 Å². The molecule has 16 heavy (non-hydrogen) atoms. The number of aromatic nitrogens is 2. The number of hydrogen-bond acceptors (Lipinski definition) is 4. The summed E-state index contributed by atoms with van der Waals surface area (Å²) in [6.07, 6.45) is 0. The van der Waals surface area contributed by atoms with Gasteiger partial charge in [-0.25, -0.2) is 4.98 Å². The Morgan fingerprint density at radius 3 is 2.56 bits per heavy atom. The lowest BCUT2D eigenvalue weighted by molar-refractivity contribution is 0.405. The van der Waals surface area contributed by atoms with E-state index >= 15 is 0 Å². The van der Waals surface area contributed by atoms with E-state index in [1.807, 2.05) is 0 Å². The Labute approximate surface area is 94.9 Å². The first kappa shape index (κ1) is 11.1. The Hall–Kier alpha value is -1.36. The summed E-state index contributed by atoms with van der Waals surface area (Å²) in [4.78, 5) is 20.6. The van der Waals surface area contributed by atoms with Gasteiger partial charge in [0.2, 0.25) is 0 Å². The van der Waals surface area contributed by atoms with Crippen molar-refractivity contribution in [2.24, 2.45) is 0 Å². The molecule has 0 radical (unpaired) electrons. The molecule has 2 heterocycles. The minimum absolute atomic E-state index is 0.0821. The highest BCUT2D eigenvalue weighted by Gasteiger charge is 2.22. The molecule has 5 nitrogen and oxygen atoms in total. The van der Waals surface area contributed by atoms with Crippen molar-refractivity contribution in [3.63, 3.8) is 0 Å². The van der Waals surface area contributed by atoms with Crippen LogP contribution in [0.1, 0.15) is 19.7 Å². The first-order valence-corrected chi connectivity index (χ1v) is 5.63. The third kappa shape index (κ3) is 2.41. The summed E-state index contributed by atoms with van der Waals surface area (Å²) in [6, 6.07) is 2.41. The third-order valence-corrected chi connectivity index (χ3v) is 2.73. The van der Waals surface area contributed by atoms with Gasteiger partial charge >= 0.3 is 0 Å². The summed E-state index contributed by atoms with van der Waals surface area (Å²) in [5, 5.41) is 3.45. The molecule has 1 aromatic heterocycles. The molecule has 0 amide bonds. The Morgan fingerprint density at radius 2 is 2.00 bits per heavy atom. The van der Waals surface area contributed by atoms with E-state index in [4.69, 9.17) is 0 Å². The van der Waals surface area contributed by atoms with Crippen LogP contribution in [0.3, 0.4) is 0 Å². The smallest absolute Gasteiger partial charge is 0.252 e. The maximum absolute atomic E-state index is 11.4. The lowest BCUT2D eigenvalue weighted by Crippen LogP contribution is -2.54. The summed E-state index contributed by atoms with van der Waals surface area (Å²) < 4.78 is 0. The van der Waals surface area contributed by atoms with Crippen molar-refractivity contribution in [3.05, 3.63) is 22.2 Å². The molecule has 0 bridgehead atoms. The summed E-state index contributed by atoms with van der Waals surface area (Å²) in [7, 11) is 0. The van der Waals surface area contributed by atoms with Crippen LogP contribution in [-0.2, 0) is 0 Å². The van der Waals surface area contributed by atoms with Gasteiger partial charge in [-0.05, 0) is 20.8 Å². The second-order valence-electron chi connectivity index (χ2n) is 4.56. The molecule has 1 fully saturated rings. The molecular formula is C11H18N4O. The molecule has 1 aliphatic rings. The maximum atomic E-state index is 11.4. The van der Waals surface area contributed by atoms with Crippen molar-refractivity contribution in [1.29, 1.82) is 0 Å². The zero-order valence-electron chi connectivity index (χ0n) is 9.95. The van der Waals surface area contributed by atoms with Crippen LogP contribution in [0, 0.1) is 6.92 Å². The molecule has 0 aliphatic carbocycles. The maximum Gasteiger partial charge on any atom is 0.252 e. The van der Waals surface area contributed by atoms with Crippen molar-refractivity contribution in [1.82, 2.24) is 15.3 Å². The second kappa shape index (κ2) is 4.25. The fourth-order valence-corrected chi connectivity index (χ4v) is 2.24. The molecule has 0 aromatic carbocycles. The van der Waals surface area contributed by atoms with Crippen molar-refractivity contribution in [3.8, 4) is 0 Å². The molecule has 88 valence electrons. The summed E-state index contributed by atoms with van der Waals surface area (Å²) >= 11 is 0. The van der Waals surface area contributed by atoms with Crippen LogP contribution >= 0.6 is 0 Å². The van der Waals surface area contributed by atoms with Gasteiger partial charge in [-0.3, -0.25) is 4.79 Å². The lowest BCUT2D eigenvalue weighted by atomic mass is 10.1. The van der Waals surface area contributed by atoms with Crippen molar-refractivity contribution >= 4 is 5.82 Å². The van der Waals surface area contributed by atoms with Crippen molar-refractivity contribution < 1.29 is 0 Å². The SMILES string of the molecule is Cc1nc(N2CC(C)NC(C)C2)cc(=O)[nH]1. The molecule has 1 aromatic rings. The van der Waals surface area contributed by atoms with Crippen LogP contribution in [-0.4, -0.2) is 35.1 Å². The van der Waals surface area contributed by atoms with Crippen molar-refractivity contribution in [2.45, 2.75) is 32.9 Å². The predicted octanol–water partition coefficient (Wildman–Crippen LogP) is 0.265. The molecule has 0 saturated carbocycles. The van der Waals surface area contributed by atoms with Crippen molar-refractivity contribution in [2.75, 3.05) is 18.0 Å². The molecular weight excluding hydrogens is 204 g/mol. The normalized spacial score (nSPS) is 25.8. The molecule has 1 aliphatic heterocycles. The number of rotatable bonds is 1. The highest BCUT2D eigenvalue weighted by molar-refractivity contribution is 5.38. The first-order valence-electron chi connectivity index (χ1n) is 5.63. The number of aryl methyl sites for hydroxylation is 1. The molecule has 2 unspecified atom stereocenters. The van der Waals surface area contributed by atoms with Gasteiger partial charge < -0.3 is 15.2 Å². The van der Waals surface area contributed by atoms with Gasteiger partial charge in [-0.15, -0.1) is 0 Å². The molecule has 2 atom stereocenters. The Bertz CT molecular complexity index is 418. The average Bonchev–Trinajstić information content (AvgIpc) is 2.14. The molecule has 1 saturated heterocycles. The monoisotopic (exact) mass is 222 g/mol. The largest absolute Gasteiger partial charge is 0.353 e. The predicted molar refractivity (Wildman–Crippen MR) is 63.9 cm³/mol. The van der Waals surface area contributed by atoms with Gasteiger partial charge in [0.25, 0.3) is 5.56 Å². The van der Waals surface area contributed by atoms with Crippen LogP contribution < -0.4 is 15.8 Å². The zero-order valence-corrected chi connectivity index (χ0v) is 9.95. The quantitative estimate of drug-likeness (QED) is 0.716. The zero-order chi connectivity index (χ0) is 11.7. The second-order valence-corrected chi connectivity index (χ2v) is 4.56. The number of nitrogens with zero attached hydrogens (tertiary/aromatic N) is 2. The molecule has 2 rings (SSSR count). The first-order chi connectivity index (χ1) is 7.54. The van der Waals surface area contributed by atoms with E-state index in [1.54, 1.807) is 13.0 Å². The molecule has 2 N–H and O–H groups in total.